The third-order valence-corrected chi connectivity index (χ3v) is 3.47. The highest BCUT2D eigenvalue weighted by Crippen LogP contribution is 2.24. The van der Waals surface area contributed by atoms with Gasteiger partial charge in [0, 0.05) is 24.2 Å². The van der Waals surface area contributed by atoms with Crippen LogP contribution in [0.25, 0.3) is 0 Å². The molecule has 1 aliphatic heterocycles. The molecule has 1 aliphatic rings. The first-order valence-electron chi connectivity index (χ1n) is 6.27. The lowest BCUT2D eigenvalue weighted by Crippen LogP contribution is -2.23. The van der Waals surface area contributed by atoms with E-state index in [0.717, 1.165) is 16.7 Å². The number of aryl methyl sites for hydroxylation is 1. The van der Waals surface area contributed by atoms with Crippen molar-refractivity contribution in [3.05, 3.63) is 70.5 Å². The van der Waals surface area contributed by atoms with Crippen molar-refractivity contribution in [3.63, 3.8) is 0 Å². The summed E-state index contributed by atoms with van der Waals surface area (Å²) in [5.41, 5.74) is 3.19. The van der Waals surface area contributed by atoms with Crippen molar-refractivity contribution in [1.82, 2.24) is 4.90 Å². The van der Waals surface area contributed by atoms with E-state index in [0.29, 0.717) is 18.7 Å². The molecule has 0 bridgehead atoms. The van der Waals surface area contributed by atoms with Crippen molar-refractivity contribution in [1.29, 1.82) is 0 Å². The Morgan fingerprint density at radius 2 is 2.00 bits per heavy atom. The molecule has 0 radical (unpaired) electrons. The Labute approximate surface area is 111 Å². The highest BCUT2D eigenvalue weighted by Gasteiger charge is 2.27. The largest absolute Gasteiger partial charge is 0.330 e. The molecule has 2 nitrogen and oxygen atoms in total. The van der Waals surface area contributed by atoms with Crippen LogP contribution in [-0.2, 0) is 13.1 Å². The van der Waals surface area contributed by atoms with Crippen LogP contribution in [0.2, 0.25) is 0 Å². The standard InChI is InChI=1S/C16H14FNO/c1-11-6-7-13(15(17)8-11)10-18-9-12-4-2-3-5-14(12)16(18)19/h2-8H,9-10H2,1H3. The summed E-state index contributed by atoms with van der Waals surface area (Å²) in [7, 11) is 0. The molecule has 96 valence electrons. The molecule has 0 aliphatic carbocycles. The molecule has 2 aromatic rings. The highest BCUT2D eigenvalue weighted by atomic mass is 19.1. The van der Waals surface area contributed by atoms with E-state index < -0.39 is 0 Å². The van der Waals surface area contributed by atoms with Gasteiger partial charge in [-0.25, -0.2) is 4.39 Å². The first-order chi connectivity index (χ1) is 9.15. The average Bonchev–Trinajstić information content (AvgIpc) is 2.70. The van der Waals surface area contributed by atoms with Crippen molar-refractivity contribution in [2.75, 3.05) is 0 Å². The van der Waals surface area contributed by atoms with Crippen LogP contribution in [-0.4, -0.2) is 10.8 Å². The Balaban J connectivity index is 1.85. The molecule has 0 fully saturated rings. The molecule has 0 atom stereocenters. The lowest BCUT2D eigenvalue weighted by atomic mass is 10.1. The minimum absolute atomic E-state index is 0.0180. The van der Waals surface area contributed by atoms with Crippen LogP contribution in [0.5, 0.6) is 0 Å². The summed E-state index contributed by atoms with van der Waals surface area (Å²) in [6.45, 7) is 2.73. The number of carbonyl (C=O) groups excluding carboxylic acids is 1. The molecule has 19 heavy (non-hydrogen) atoms. The van der Waals surface area contributed by atoms with Gasteiger partial charge < -0.3 is 4.90 Å². The second-order valence-electron chi connectivity index (χ2n) is 4.91. The Morgan fingerprint density at radius 3 is 2.74 bits per heavy atom. The number of amides is 1. The molecule has 0 aromatic heterocycles. The lowest BCUT2D eigenvalue weighted by Gasteiger charge is -2.16. The predicted molar refractivity (Wildman–Crippen MR) is 71.2 cm³/mol. The zero-order valence-electron chi connectivity index (χ0n) is 10.7. The maximum Gasteiger partial charge on any atom is 0.254 e. The molecular formula is C16H14FNO. The van der Waals surface area contributed by atoms with Gasteiger partial charge in [0.1, 0.15) is 5.82 Å². The monoisotopic (exact) mass is 255 g/mol. The van der Waals surface area contributed by atoms with Gasteiger partial charge in [-0.3, -0.25) is 4.79 Å². The van der Waals surface area contributed by atoms with E-state index >= 15 is 0 Å². The Morgan fingerprint density at radius 1 is 1.21 bits per heavy atom. The molecule has 0 saturated heterocycles. The third-order valence-electron chi connectivity index (χ3n) is 3.47. The van der Waals surface area contributed by atoms with Gasteiger partial charge in [-0.1, -0.05) is 30.3 Å². The zero-order valence-corrected chi connectivity index (χ0v) is 10.7. The van der Waals surface area contributed by atoms with Crippen LogP contribution in [0.15, 0.2) is 42.5 Å². The SMILES string of the molecule is Cc1ccc(CN2Cc3ccccc3C2=O)c(F)c1. The molecule has 3 heteroatoms. The van der Waals surface area contributed by atoms with Gasteiger partial charge in [0.25, 0.3) is 5.91 Å². The number of halogens is 1. The number of rotatable bonds is 2. The van der Waals surface area contributed by atoms with Crippen molar-refractivity contribution in [2.45, 2.75) is 20.0 Å². The lowest BCUT2D eigenvalue weighted by molar-refractivity contribution is 0.0765. The summed E-state index contributed by atoms with van der Waals surface area (Å²) >= 11 is 0. The van der Waals surface area contributed by atoms with Crippen molar-refractivity contribution < 1.29 is 9.18 Å². The summed E-state index contributed by atoms with van der Waals surface area (Å²) in [5.74, 6) is -0.265. The summed E-state index contributed by atoms with van der Waals surface area (Å²) in [4.78, 5) is 13.9. The number of fused-ring (bicyclic) bond motifs is 1. The van der Waals surface area contributed by atoms with Gasteiger partial charge >= 0.3 is 0 Å². The van der Waals surface area contributed by atoms with Crippen molar-refractivity contribution in [3.8, 4) is 0 Å². The third kappa shape index (κ3) is 2.12. The van der Waals surface area contributed by atoms with Gasteiger partial charge in [-0.05, 0) is 30.2 Å². The van der Waals surface area contributed by atoms with Crippen LogP contribution in [0.1, 0.15) is 27.0 Å². The minimum atomic E-state index is -0.247. The van der Waals surface area contributed by atoms with Crippen LogP contribution >= 0.6 is 0 Å². The number of hydrogen-bond acceptors (Lipinski definition) is 1. The topological polar surface area (TPSA) is 20.3 Å². The predicted octanol–water partition coefficient (Wildman–Crippen LogP) is 3.29. The zero-order chi connectivity index (χ0) is 13.4. The fourth-order valence-corrected chi connectivity index (χ4v) is 2.43. The van der Waals surface area contributed by atoms with E-state index in [2.05, 4.69) is 0 Å². The van der Waals surface area contributed by atoms with E-state index in [1.54, 1.807) is 11.0 Å². The van der Waals surface area contributed by atoms with E-state index in [1.807, 2.05) is 37.3 Å². The van der Waals surface area contributed by atoms with E-state index in [9.17, 15) is 9.18 Å². The number of nitrogens with zero attached hydrogens (tertiary/aromatic N) is 1. The van der Waals surface area contributed by atoms with Gasteiger partial charge in [-0.2, -0.15) is 0 Å². The molecule has 0 spiro atoms. The minimum Gasteiger partial charge on any atom is -0.330 e. The van der Waals surface area contributed by atoms with Crippen LogP contribution in [0.3, 0.4) is 0 Å². The van der Waals surface area contributed by atoms with Crippen LogP contribution < -0.4 is 0 Å². The Kier molecular flexibility index (Phi) is 2.82. The smallest absolute Gasteiger partial charge is 0.254 e. The van der Waals surface area contributed by atoms with Crippen LogP contribution in [0.4, 0.5) is 4.39 Å². The maximum atomic E-state index is 13.8. The Bertz CT molecular complexity index is 651. The molecule has 0 saturated carbocycles. The molecule has 1 heterocycles. The second kappa shape index (κ2) is 4.50. The number of carbonyl (C=O) groups is 1. The molecule has 0 unspecified atom stereocenters. The van der Waals surface area contributed by atoms with Gasteiger partial charge in [0.2, 0.25) is 0 Å². The maximum absolute atomic E-state index is 13.8. The fraction of sp³-hybridized carbons (Fsp3) is 0.188. The van der Waals surface area contributed by atoms with E-state index in [-0.39, 0.29) is 11.7 Å². The van der Waals surface area contributed by atoms with Crippen LogP contribution in [0, 0.1) is 12.7 Å². The summed E-state index contributed by atoms with van der Waals surface area (Å²) in [6, 6.07) is 12.7. The van der Waals surface area contributed by atoms with Gasteiger partial charge in [-0.15, -0.1) is 0 Å². The summed E-state index contributed by atoms with van der Waals surface area (Å²) in [5, 5.41) is 0. The molecule has 1 amide bonds. The van der Waals surface area contributed by atoms with Crippen molar-refractivity contribution in [2.24, 2.45) is 0 Å². The summed E-state index contributed by atoms with van der Waals surface area (Å²) in [6.07, 6.45) is 0. The second-order valence-corrected chi connectivity index (χ2v) is 4.91. The quantitative estimate of drug-likeness (QED) is 0.806. The Hall–Kier alpha value is -2.16. The van der Waals surface area contributed by atoms with E-state index in [4.69, 9.17) is 0 Å². The van der Waals surface area contributed by atoms with Gasteiger partial charge in [0.15, 0.2) is 0 Å². The molecule has 0 N–H and O–H groups in total. The van der Waals surface area contributed by atoms with Crippen molar-refractivity contribution >= 4 is 5.91 Å². The molecular weight excluding hydrogens is 241 g/mol. The normalized spacial score (nSPS) is 13.8. The first kappa shape index (κ1) is 11.9. The van der Waals surface area contributed by atoms with E-state index in [1.165, 1.54) is 6.07 Å². The first-order valence-corrected chi connectivity index (χ1v) is 6.27. The number of benzene rings is 2. The average molecular weight is 255 g/mol. The van der Waals surface area contributed by atoms with Gasteiger partial charge in [0.05, 0.1) is 0 Å². The highest BCUT2D eigenvalue weighted by molar-refractivity contribution is 5.98. The number of hydrogen-bond donors (Lipinski definition) is 0. The molecule has 2 aromatic carbocycles. The molecule has 3 rings (SSSR count). The fourth-order valence-electron chi connectivity index (χ4n) is 2.43. The summed E-state index contributed by atoms with van der Waals surface area (Å²) < 4.78 is 13.8.